The second-order valence-corrected chi connectivity index (χ2v) is 8.21. The lowest BCUT2D eigenvalue weighted by atomic mass is 10.1. The van der Waals surface area contributed by atoms with Gasteiger partial charge in [0.15, 0.2) is 11.5 Å². The van der Waals surface area contributed by atoms with Gasteiger partial charge in [0.1, 0.15) is 13.2 Å². The average molecular weight is 410 g/mol. The molecule has 0 unspecified atom stereocenters. The van der Waals surface area contributed by atoms with E-state index in [2.05, 4.69) is 41.0 Å². The molecule has 0 bridgehead atoms. The van der Waals surface area contributed by atoms with Gasteiger partial charge >= 0.3 is 0 Å². The summed E-state index contributed by atoms with van der Waals surface area (Å²) in [5.74, 6) is 1.70. The van der Waals surface area contributed by atoms with Gasteiger partial charge < -0.3 is 14.4 Å². The van der Waals surface area contributed by atoms with Crippen molar-refractivity contribution in [1.82, 2.24) is 14.7 Å². The number of hydrogen-bond acceptors (Lipinski definition) is 5. The van der Waals surface area contributed by atoms with Crippen LogP contribution in [0.2, 0.25) is 0 Å². The molecule has 6 nitrogen and oxygen atoms in total. The molecule has 1 fully saturated rings. The van der Waals surface area contributed by atoms with Gasteiger partial charge in [0.05, 0.1) is 6.54 Å². The van der Waals surface area contributed by atoms with Crippen molar-refractivity contribution in [2.75, 3.05) is 53.0 Å². The van der Waals surface area contributed by atoms with Crippen LogP contribution >= 0.6 is 0 Å². The first kappa shape index (κ1) is 20.7. The van der Waals surface area contributed by atoms with Crippen molar-refractivity contribution in [2.24, 2.45) is 0 Å². The van der Waals surface area contributed by atoms with E-state index in [1.807, 2.05) is 25.2 Å². The summed E-state index contributed by atoms with van der Waals surface area (Å²) in [6.07, 6.45) is 0. The van der Waals surface area contributed by atoms with E-state index in [1.54, 1.807) is 4.90 Å². The molecule has 0 N–H and O–H groups in total. The van der Waals surface area contributed by atoms with Gasteiger partial charge in [-0.3, -0.25) is 14.6 Å². The minimum absolute atomic E-state index is 0.150. The molecule has 0 aromatic heterocycles. The first-order chi connectivity index (χ1) is 14.6. The SMILES string of the molecule is Cc1ccccc1CN1CCN(CC(=O)N(C)Cc2ccc3c(c2)OCCO3)CC1. The molecule has 0 saturated carbocycles. The summed E-state index contributed by atoms with van der Waals surface area (Å²) in [5.41, 5.74) is 3.79. The Labute approximate surface area is 179 Å². The number of carbonyl (C=O) groups is 1. The van der Waals surface area contributed by atoms with Crippen LogP contribution in [-0.2, 0) is 17.9 Å². The van der Waals surface area contributed by atoms with E-state index in [0.29, 0.717) is 26.3 Å². The van der Waals surface area contributed by atoms with Crippen LogP contribution < -0.4 is 9.47 Å². The monoisotopic (exact) mass is 409 g/mol. The number of ether oxygens (including phenoxy) is 2. The second kappa shape index (κ2) is 9.49. The summed E-state index contributed by atoms with van der Waals surface area (Å²) in [4.78, 5) is 19.3. The van der Waals surface area contributed by atoms with Crippen LogP contribution in [0.3, 0.4) is 0 Å². The lowest BCUT2D eigenvalue weighted by Crippen LogP contribution is -2.49. The number of rotatable bonds is 6. The van der Waals surface area contributed by atoms with Crippen LogP contribution in [0, 0.1) is 6.92 Å². The summed E-state index contributed by atoms with van der Waals surface area (Å²) >= 11 is 0. The maximum absolute atomic E-state index is 12.7. The Kier molecular flexibility index (Phi) is 6.55. The second-order valence-electron chi connectivity index (χ2n) is 8.21. The molecule has 30 heavy (non-hydrogen) atoms. The number of aryl methyl sites for hydroxylation is 1. The zero-order valence-corrected chi connectivity index (χ0v) is 18.0. The molecule has 2 aliphatic rings. The van der Waals surface area contributed by atoms with Gasteiger partial charge in [0.2, 0.25) is 5.91 Å². The number of amides is 1. The highest BCUT2D eigenvalue weighted by atomic mass is 16.6. The molecule has 0 radical (unpaired) electrons. The van der Waals surface area contributed by atoms with Gasteiger partial charge in [-0.2, -0.15) is 0 Å². The molecule has 1 amide bonds. The van der Waals surface area contributed by atoms with Gasteiger partial charge in [0.25, 0.3) is 0 Å². The Morgan fingerprint density at radius 2 is 1.67 bits per heavy atom. The van der Waals surface area contributed by atoms with E-state index >= 15 is 0 Å². The van der Waals surface area contributed by atoms with Gasteiger partial charge in [-0.15, -0.1) is 0 Å². The van der Waals surface area contributed by atoms with Gasteiger partial charge in [-0.25, -0.2) is 0 Å². The van der Waals surface area contributed by atoms with Crippen molar-refractivity contribution in [1.29, 1.82) is 0 Å². The zero-order chi connectivity index (χ0) is 20.9. The van der Waals surface area contributed by atoms with Crippen molar-refractivity contribution >= 4 is 5.91 Å². The molecule has 0 aliphatic carbocycles. The normalized spacial score (nSPS) is 17.0. The molecule has 6 heteroatoms. The lowest BCUT2D eigenvalue weighted by molar-refractivity contribution is -0.132. The quantitative estimate of drug-likeness (QED) is 0.734. The summed E-state index contributed by atoms with van der Waals surface area (Å²) in [7, 11) is 1.87. The standard InChI is InChI=1S/C24H31N3O3/c1-19-5-3-4-6-21(19)17-26-9-11-27(12-10-26)18-24(28)25(2)16-20-7-8-22-23(15-20)30-14-13-29-22/h3-8,15H,9-14,16-18H2,1-2H3. The molecular weight excluding hydrogens is 378 g/mol. The summed E-state index contributed by atoms with van der Waals surface area (Å²) < 4.78 is 11.2. The van der Waals surface area contributed by atoms with E-state index in [-0.39, 0.29) is 5.91 Å². The molecule has 0 spiro atoms. The molecule has 4 rings (SSSR count). The Balaban J connectivity index is 1.24. The Morgan fingerprint density at radius 1 is 0.967 bits per heavy atom. The smallest absolute Gasteiger partial charge is 0.236 e. The van der Waals surface area contributed by atoms with Gasteiger partial charge in [-0.05, 0) is 35.7 Å². The molecule has 0 atom stereocenters. The van der Waals surface area contributed by atoms with E-state index < -0.39 is 0 Å². The fraction of sp³-hybridized carbons (Fsp3) is 0.458. The maximum atomic E-state index is 12.7. The van der Waals surface area contributed by atoms with Crippen LogP contribution in [0.1, 0.15) is 16.7 Å². The van der Waals surface area contributed by atoms with Crippen molar-refractivity contribution in [3.63, 3.8) is 0 Å². The van der Waals surface area contributed by atoms with Crippen molar-refractivity contribution < 1.29 is 14.3 Å². The minimum Gasteiger partial charge on any atom is -0.486 e. The third-order valence-corrected chi connectivity index (χ3v) is 5.93. The number of piperazine rings is 1. The van der Waals surface area contributed by atoms with Gasteiger partial charge in [0, 0.05) is 46.3 Å². The highest BCUT2D eigenvalue weighted by Gasteiger charge is 2.21. The predicted molar refractivity (Wildman–Crippen MR) is 117 cm³/mol. The van der Waals surface area contributed by atoms with Crippen molar-refractivity contribution in [3.8, 4) is 11.5 Å². The van der Waals surface area contributed by atoms with Crippen LogP contribution in [-0.4, -0.2) is 73.6 Å². The third kappa shape index (κ3) is 5.12. The van der Waals surface area contributed by atoms with Crippen molar-refractivity contribution in [2.45, 2.75) is 20.0 Å². The van der Waals surface area contributed by atoms with E-state index in [0.717, 1.165) is 49.8 Å². The number of hydrogen-bond donors (Lipinski definition) is 0. The van der Waals surface area contributed by atoms with Crippen LogP contribution in [0.4, 0.5) is 0 Å². The van der Waals surface area contributed by atoms with E-state index in [4.69, 9.17) is 9.47 Å². The Hall–Kier alpha value is -2.57. The average Bonchev–Trinajstić information content (AvgIpc) is 2.76. The van der Waals surface area contributed by atoms with Crippen molar-refractivity contribution in [3.05, 3.63) is 59.2 Å². The van der Waals surface area contributed by atoms with E-state index in [9.17, 15) is 4.79 Å². The molecule has 2 heterocycles. The topological polar surface area (TPSA) is 45.2 Å². The molecule has 160 valence electrons. The fourth-order valence-corrected chi connectivity index (χ4v) is 3.99. The van der Waals surface area contributed by atoms with E-state index in [1.165, 1.54) is 11.1 Å². The lowest BCUT2D eigenvalue weighted by Gasteiger charge is -2.35. The number of likely N-dealkylation sites (N-methyl/N-ethyl adjacent to an activating group) is 1. The highest BCUT2D eigenvalue weighted by molar-refractivity contribution is 5.78. The van der Waals surface area contributed by atoms with Crippen LogP contribution in [0.25, 0.3) is 0 Å². The molecule has 2 aromatic carbocycles. The number of carbonyl (C=O) groups excluding carboxylic acids is 1. The number of fused-ring (bicyclic) bond motifs is 1. The largest absolute Gasteiger partial charge is 0.486 e. The van der Waals surface area contributed by atoms with Crippen LogP contribution in [0.5, 0.6) is 11.5 Å². The van der Waals surface area contributed by atoms with Crippen LogP contribution in [0.15, 0.2) is 42.5 Å². The summed E-state index contributed by atoms with van der Waals surface area (Å²) in [5, 5.41) is 0. The maximum Gasteiger partial charge on any atom is 0.236 e. The molecule has 2 aliphatic heterocycles. The number of nitrogens with zero attached hydrogens (tertiary/aromatic N) is 3. The molecular formula is C24H31N3O3. The summed E-state index contributed by atoms with van der Waals surface area (Å²) in [6.45, 7) is 9.19. The molecule has 1 saturated heterocycles. The molecule has 2 aromatic rings. The predicted octanol–water partition coefficient (Wildman–Crippen LogP) is 2.54. The summed E-state index contributed by atoms with van der Waals surface area (Å²) in [6, 6.07) is 14.5. The minimum atomic E-state index is 0.150. The Bertz CT molecular complexity index is 878. The highest BCUT2D eigenvalue weighted by Crippen LogP contribution is 2.31. The van der Waals surface area contributed by atoms with Gasteiger partial charge in [-0.1, -0.05) is 30.3 Å². The number of benzene rings is 2. The third-order valence-electron chi connectivity index (χ3n) is 5.93. The Morgan fingerprint density at radius 3 is 2.43 bits per heavy atom. The zero-order valence-electron chi connectivity index (χ0n) is 18.0. The first-order valence-corrected chi connectivity index (χ1v) is 10.7. The fourth-order valence-electron chi connectivity index (χ4n) is 3.99. The first-order valence-electron chi connectivity index (χ1n) is 10.7.